The second-order valence-electron chi connectivity index (χ2n) is 7.79. The molecule has 1 fully saturated rings. The molecule has 1 heterocycles. The molecule has 2 N–H and O–H groups in total. The first kappa shape index (κ1) is 19.3. The largest absolute Gasteiger partial charge is 0.497 e. The molecule has 4 rings (SSSR count). The Kier molecular flexibility index (Phi) is 5.43. The maximum Gasteiger partial charge on any atom is 0.266 e. The molecule has 0 saturated heterocycles. The molecule has 6 nitrogen and oxygen atoms in total. The van der Waals surface area contributed by atoms with Gasteiger partial charge >= 0.3 is 0 Å². The van der Waals surface area contributed by atoms with Gasteiger partial charge in [0.15, 0.2) is 6.10 Å². The third-order valence-electron chi connectivity index (χ3n) is 5.96. The zero-order valence-corrected chi connectivity index (χ0v) is 16.6. The number of carbonyl (C=O) groups is 2. The SMILES string of the molecule is COc1ccc(C2(CNC(=O)CC3Oc4ccccc4NC3=O)CCCC2)cc1. The van der Waals surface area contributed by atoms with Crippen molar-refractivity contribution in [3.8, 4) is 11.5 Å². The molecular weight excluding hydrogens is 368 g/mol. The smallest absolute Gasteiger partial charge is 0.266 e. The molecule has 152 valence electrons. The van der Waals surface area contributed by atoms with Gasteiger partial charge in [-0.1, -0.05) is 37.1 Å². The summed E-state index contributed by atoms with van der Waals surface area (Å²) in [6.07, 6.45) is 3.55. The van der Waals surface area contributed by atoms with Crippen molar-refractivity contribution in [1.82, 2.24) is 5.32 Å². The van der Waals surface area contributed by atoms with Gasteiger partial charge in [-0.15, -0.1) is 0 Å². The van der Waals surface area contributed by atoms with Crippen LogP contribution >= 0.6 is 0 Å². The number of amides is 2. The van der Waals surface area contributed by atoms with E-state index < -0.39 is 6.10 Å². The quantitative estimate of drug-likeness (QED) is 0.787. The van der Waals surface area contributed by atoms with Crippen LogP contribution < -0.4 is 20.1 Å². The fraction of sp³-hybridized carbons (Fsp3) is 0.391. The van der Waals surface area contributed by atoms with Crippen LogP contribution in [0, 0.1) is 0 Å². The van der Waals surface area contributed by atoms with Gasteiger partial charge < -0.3 is 20.1 Å². The first-order valence-corrected chi connectivity index (χ1v) is 10.1. The lowest BCUT2D eigenvalue weighted by Crippen LogP contribution is -2.44. The van der Waals surface area contributed by atoms with Gasteiger partial charge in [0.25, 0.3) is 5.91 Å². The Labute approximate surface area is 170 Å². The molecule has 1 aliphatic carbocycles. The van der Waals surface area contributed by atoms with Crippen LogP contribution in [0.1, 0.15) is 37.7 Å². The van der Waals surface area contributed by atoms with E-state index in [0.29, 0.717) is 18.0 Å². The van der Waals surface area contributed by atoms with Crippen molar-refractivity contribution in [2.75, 3.05) is 19.0 Å². The molecule has 0 spiro atoms. The maximum atomic E-state index is 12.6. The van der Waals surface area contributed by atoms with Crippen LogP contribution in [0.15, 0.2) is 48.5 Å². The lowest BCUT2D eigenvalue weighted by molar-refractivity contribution is -0.130. The highest BCUT2D eigenvalue weighted by molar-refractivity contribution is 5.99. The molecule has 1 aliphatic heterocycles. The predicted molar refractivity (Wildman–Crippen MR) is 110 cm³/mol. The molecule has 0 bridgehead atoms. The molecule has 0 radical (unpaired) electrons. The van der Waals surface area contributed by atoms with Crippen molar-refractivity contribution in [2.24, 2.45) is 0 Å². The van der Waals surface area contributed by atoms with Crippen LogP contribution in [0.2, 0.25) is 0 Å². The molecule has 6 heteroatoms. The number of rotatable bonds is 6. The molecule has 1 atom stereocenters. The molecule has 29 heavy (non-hydrogen) atoms. The Hall–Kier alpha value is -3.02. The first-order valence-electron chi connectivity index (χ1n) is 10.1. The Morgan fingerprint density at radius 1 is 1.17 bits per heavy atom. The lowest BCUT2D eigenvalue weighted by atomic mass is 9.78. The second-order valence-corrected chi connectivity index (χ2v) is 7.79. The molecule has 2 amide bonds. The zero-order valence-electron chi connectivity index (χ0n) is 16.6. The van der Waals surface area contributed by atoms with Crippen molar-refractivity contribution in [3.05, 3.63) is 54.1 Å². The minimum atomic E-state index is -0.814. The molecule has 1 unspecified atom stereocenters. The number of anilines is 1. The molecule has 0 aromatic heterocycles. The zero-order chi connectivity index (χ0) is 20.3. The van der Waals surface area contributed by atoms with Gasteiger partial charge in [-0.2, -0.15) is 0 Å². The van der Waals surface area contributed by atoms with Crippen LogP contribution in [0.3, 0.4) is 0 Å². The average molecular weight is 394 g/mol. The number of fused-ring (bicyclic) bond motifs is 1. The Morgan fingerprint density at radius 2 is 1.90 bits per heavy atom. The van der Waals surface area contributed by atoms with E-state index in [4.69, 9.17) is 9.47 Å². The van der Waals surface area contributed by atoms with Crippen LogP contribution in [0.5, 0.6) is 11.5 Å². The summed E-state index contributed by atoms with van der Waals surface area (Å²) in [5.74, 6) is 0.955. The monoisotopic (exact) mass is 394 g/mol. The summed E-state index contributed by atoms with van der Waals surface area (Å²) < 4.78 is 11.0. The highest BCUT2D eigenvalue weighted by atomic mass is 16.5. The van der Waals surface area contributed by atoms with Crippen molar-refractivity contribution in [3.63, 3.8) is 0 Å². The maximum absolute atomic E-state index is 12.6. The Morgan fingerprint density at radius 3 is 2.62 bits per heavy atom. The molecule has 2 aliphatic rings. The van der Waals surface area contributed by atoms with E-state index in [0.717, 1.165) is 31.4 Å². The molecule has 2 aromatic carbocycles. The summed E-state index contributed by atoms with van der Waals surface area (Å²) >= 11 is 0. The van der Waals surface area contributed by atoms with Gasteiger partial charge in [-0.05, 0) is 42.7 Å². The highest BCUT2D eigenvalue weighted by Crippen LogP contribution is 2.41. The summed E-state index contributed by atoms with van der Waals surface area (Å²) in [6, 6.07) is 15.3. The van der Waals surface area contributed by atoms with Gasteiger partial charge in [0.05, 0.1) is 19.2 Å². The fourth-order valence-electron chi connectivity index (χ4n) is 4.30. The summed E-state index contributed by atoms with van der Waals surface area (Å²) in [5.41, 5.74) is 1.79. The van der Waals surface area contributed by atoms with Gasteiger partial charge in [0, 0.05) is 12.0 Å². The van der Waals surface area contributed by atoms with E-state index in [1.54, 1.807) is 19.2 Å². The van der Waals surface area contributed by atoms with Gasteiger partial charge in [-0.3, -0.25) is 9.59 Å². The third kappa shape index (κ3) is 4.06. The average Bonchev–Trinajstić information content (AvgIpc) is 3.23. The van der Waals surface area contributed by atoms with Gasteiger partial charge in [0.1, 0.15) is 11.5 Å². The van der Waals surface area contributed by atoms with Gasteiger partial charge in [0.2, 0.25) is 5.91 Å². The number of nitrogens with one attached hydrogen (secondary N) is 2. The summed E-state index contributed by atoms with van der Waals surface area (Å²) in [6.45, 7) is 0.559. The van der Waals surface area contributed by atoms with Crippen molar-refractivity contribution < 1.29 is 19.1 Å². The van der Waals surface area contributed by atoms with Crippen molar-refractivity contribution in [2.45, 2.75) is 43.6 Å². The van der Waals surface area contributed by atoms with Crippen LogP contribution in [-0.4, -0.2) is 31.6 Å². The summed E-state index contributed by atoms with van der Waals surface area (Å²) in [4.78, 5) is 24.9. The minimum Gasteiger partial charge on any atom is -0.497 e. The van der Waals surface area contributed by atoms with E-state index in [1.807, 2.05) is 24.3 Å². The second kappa shape index (κ2) is 8.15. The standard InChI is InChI=1S/C23H26N2O4/c1-28-17-10-8-16(9-11-17)23(12-4-5-13-23)15-24-21(26)14-20-22(27)25-18-6-2-3-7-19(18)29-20/h2-3,6-11,20H,4-5,12-15H2,1H3,(H,24,26)(H,25,27). The van der Waals surface area contributed by atoms with E-state index in [-0.39, 0.29) is 23.7 Å². The number of methoxy groups -OCH3 is 1. The van der Waals surface area contributed by atoms with Crippen LogP contribution in [0.25, 0.3) is 0 Å². The molecule has 2 aromatic rings. The Balaban J connectivity index is 1.39. The van der Waals surface area contributed by atoms with E-state index >= 15 is 0 Å². The molecule has 1 saturated carbocycles. The number of ether oxygens (including phenoxy) is 2. The molecular formula is C23H26N2O4. The topological polar surface area (TPSA) is 76.7 Å². The summed E-state index contributed by atoms with van der Waals surface area (Å²) in [5, 5.41) is 5.86. The third-order valence-corrected chi connectivity index (χ3v) is 5.96. The van der Waals surface area contributed by atoms with Crippen molar-refractivity contribution in [1.29, 1.82) is 0 Å². The van der Waals surface area contributed by atoms with Crippen molar-refractivity contribution >= 4 is 17.5 Å². The highest BCUT2D eigenvalue weighted by Gasteiger charge is 2.36. The number of para-hydroxylation sites is 2. The first-order chi connectivity index (χ1) is 14.1. The van der Waals surface area contributed by atoms with Crippen LogP contribution in [-0.2, 0) is 15.0 Å². The number of hydrogen-bond donors (Lipinski definition) is 2. The Bertz CT molecular complexity index is 888. The van der Waals surface area contributed by atoms with E-state index in [1.165, 1.54) is 5.56 Å². The minimum absolute atomic E-state index is 0.00113. The normalized spacial score (nSPS) is 19.6. The van der Waals surface area contributed by atoms with E-state index in [2.05, 4.69) is 22.8 Å². The summed E-state index contributed by atoms with van der Waals surface area (Å²) in [7, 11) is 1.66. The number of benzene rings is 2. The van der Waals surface area contributed by atoms with Gasteiger partial charge in [-0.25, -0.2) is 0 Å². The number of carbonyl (C=O) groups excluding carboxylic acids is 2. The predicted octanol–water partition coefficient (Wildman–Crippen LogP) is 3.41. The van der Waals surface area contributed by atoms with E-state index in [9.17, 15) is 9.59 Å². The fourth-order valence-corrected chi connectivity index (χ4v) is 4.30. The lowest BCUT2D eigenvalue weighted by Gasteiger charge is -2.31. The number of hydrogen-bond acceptors (Lipinski definition) is 4. The van der Waals surface area contributed by atoms with Crippen LogP contribution in [0.4, 0.5) is 5.69 Å².